The molecule has 2 bridgehead atoms. The molecule has 0 saturated carbocycles. The Kier molecular flexibility index (Phi) is 6.35. The van der Waals surface area contributed by atoms with Gasteiger partial charge in [-0.1, -0.05) is 45.4 Å². The quantitative estimate of drug-likeness (QED) is 0.495. The summed E-state index contributed by atoms with van der Waals surface area (Å²) < 4.78 is 1.28. The van der Waals surface area contributed by atoms with E-state index in [-0.39, 0.29) is 6.10 Å². The second kappa shape index (κ2) is 7.79. The van der Waals surface area contributed by atoms with E-state index in [0.29, 0.717) is 0 Å². The van der Waals surface area contributed by atoms with Crippen LogP contribution in [0.5, 0.6) is 0 Å². The molecule has 2 aliphatic heterocycles. The number of rotatable bonds is 9. The fourth-order valence-corrected chi connectivity index (χ4v) is 4.67. The molecule has 2 heteroatoms. The van der Waals surface area contributed by atoms with E-state index in [2.05, 4.69) is 14.0 Å². The van der Waals surface area contributed by atoms with Crippen molar-refractivity contribution >= 4 is 0 Å². The van der Waals surface area contributed by atoms with Gasteiger partial charge in [-0.3, -0.25) is 0 Å². The van der Waals surface area contributed by atoms with Gasteiger partial charge in [-0.25, -0.2) is 0 Å². The SMILES string of the molecule is CCCCCCCCCC[N+]1(C)[C@H]2CC[C@H]1CC(O)C2. The molecule has 2 nitrogen and oxygen atoms in total. The molecule has 0 amide bonds. The van der Waals surface area contributed by atoms with Crippen LogP contribution in [0.2, 0.25) is 0 Å². The smallest absolute Gasteiger partial charge is 0.0917 e. The summed E-state index contributed by atoms with van der Waals surface area (Å²) in [6.07, 6.45) is 16.2. The van der Waals surface area contributed by atoms with Gasteiger partial charge in [0.15, 0.2) is 0 Å². The zero-order valence-corrected chi connectivity index (χ0v) is 13.8. The van der Waals surface area contributed by atoms with E-state index < -0.39 is 0 Å². The van der Waals surface area contributed by atoms with Gasteiger partial charge < -0.3 is 9.59 Å². The predicted octanol–water partition coefficient (Wildman–Crippen LogP) is 4.26. The lowest BCUT2D eigenvalue weighted by atomic mass is 9.96. The van der Waals surface area contributed by atoms with Gasteiger partial charge in [0.05, 0.1) is 31.8 Å². The summed E-state index contributed by atoms with van der Waals surface area (Å²) in [4.78, 5) is 0. The van der Waals surface area contributed by atoms with Crippen molar-refractivity contribution in [2.75, 3.05) is 13.6 Å². The molecule has 1 N–H and O–H groups in total. The van der Waals surface area contributed by atoms with Crippen molar-refractivity contribution in [3.8, 4) is 0 Å². The highest BCUT2D eigenvalue weighted by Crippen LogP contribution is 2.41. The number of unbranched alkanes of at least 4 members (excludes halogenated alkanes) is 7. The van der Waals surface area contributed by atoms with Gasteiger partial charge in [0.25, 0.3) is 0 Å². The van der Waals surface area contributed by atoms with Gasteiger partial charge in [-0.15, -0.1) is 0 Å². The van der Waals surface area contributed by atoms with E-state index in [1.807, 2.05) is 0 Å². The predicted molar refractivity (Wildman–Crippen MR) is 85.7 cm³/mol. The van der Waals surface area contributed by atoms with Crippen molar-refractivity contribution in [3.05, 3.63) is 0 Å². The number of hydrogen-bond acceptors (Lipinski definition) is 1. The zero-order valence-electron chi connectivity index (χ0n) is 13.8. The van der Waals surface area contributed by atoms with Crippen molar-refractivity contribution in [1.82, 2.24) is 0 Å². The van der Waals surface area contributed by atoms with Crippen LogP contribution in [0.4, 0.5) is 0 Å². The highest BCUT2D eigenvalue weighted by Gasteiger charge is 2.50. The summed E-state index contributed by atoms with van der Waals surface area (Å²) in [5.74, 6) is 0. The summed E-state index contributed by atoms with van der Waals surface area (Å²) in [7, 11) is 2.47. The van der Waals surface area contributed by atoms with Crippen molar-refractivity contribution in [2.24, 2.45) is 0 Å². The lowest BCUT2D eigenvalue weighted by Crippen LogP contribution is -2.58. The molecule has 0 unspecified atom stereocenters. The number of fused-ring (bicyclic) bond motifs is 2. The molecule has 2 rings (SSSR count). The first-order valence-electron chi connectivity index (χ1n) is 9.19. The van der Waals surface area contributed by atoms with E-state index >= 15 is 0 Å². The first-order valence-corrected chi connectivity index (χ1v) is 9.19. The van der Waals surface area contributed by atoms with E-state index in [9.17, 15) is 5.11 Å². The Morgan fingerprint density at radius 2 is 1.35 bits per heavy atom. The second-order valence-electron chi connectivity index (χ2n) is 7.56. The Morgan fingerprint density at radius 1 is 0.850 bits per heavy atom. The van der Waals surface area contributed by atoms with Crippen LogP contribution in [0.15, 0.2) is 0 Å². The van der Waals surface area contributed by atoms with Gasteiger partial charge in [-0.05, 0) is 12.8 Å². The number of aliphatic hydroxyl groups excluding tert-OH is 1. The summed E-state index contributed by atoms with van der Waals surface area (Å²) in [6, 6.07) is 1.52. The van der Waals surface area contributed by atoms with Crippen molar-refractivity contribution in [2.45, 2.75) is 102 Å². The summed E-state index contributed by atoms with van der Waals surface area (Å²) in [5.41, 5.74) is 0. The highest BCUT2D eigenvalue weighted by molar-refractivity contribution is 4.85. The van der Waals surface area contributed by atoms with Crippen LogP contribution in [0.25, 0.3) is 0 Å². The maximum absolute atomic E-state index is 9.92. The Balaban J connectivity index is 1.60. The zero-order chi connectivity index (χ0) is 14.4. The van der Waals surface area contributed by atoms with Crippen LogP contribution >= 0.6 is 0 Å². The summed E-state index contributed by atoms with van der Waals surface area (Å²) in [5, 5.41) is 9.92. The molecule has 2 heterocycles. The third-order valence-electron chi connectivity index (χ3n) is 6.08. The standard InChI is InChI=1S/C18H36NO/c1-3-4-5-6-7-8-9-10-13-19(2)16-11-12-17(19)15-18(20)14-16/h16-18,20H,3-15H2,1-2H3/q+1/t16-,17-,18?,19?/m0/s1. The Labute approximate surface area is 126 Å². The largest absolute Gasteiger partial charge is 0.393 e. The van der Waals surface area contributed by atoms with E-state index in [1.165, 1.54) is 75.2 Å². The minimum absolute atomic E-state index is 0.00253. The number of hydrogen-bond donors (Lipinski definition) is 1. The summed E-state index contributed by atoms with van der Waals surface area (Å²) in [6.45, 7) is 3.64. The molecule has 0 radical (unpaired) electrons. The average Bonchev–Trinajstić information content (AvgIpc) is 2.62. The summed E-state index contributed by atoms with van der Waals surface area (Å²) >= 11 is 0. The van der Waals surface area contributed by atoms with Crippen LogP contribution in [0, 0.1) is 0 Å². The average molecular weight is 282 g/mol. The molecule has 0 spiro atoms. The lowest BCUT2D eigenvalue weighted by molar-refractivity contribution is -0.949. The molecule has 0 aliphatic carbocycles. The molecule has 0 aromatic carbocycles. The number of nitrogens with zero attached hydrogens (tertiary/aromatic N) is 1. The molecule has 0 aromatic rings. The molecule has 2 aliphatic rings. The fourth-order valence-electron chi connectivity index (χ4n) is 4.67. The molecular weight excluding hydrogens is 246 g/mol. The minimum atomic E-state index is -0.00253. The van der Waals surface area contributed by atoms with Gasteiger partial charge >= 0.3 is 0 Å². The van der Waals surface area contributed by atoms with E-state index in [4.69, 9.17) is 0 Å². The highest BCUT2D eigenvalue weighted by atomic mass is 16.3. The van der Waals surface area contributed by atoms with Crippen LogP contribution in [-0.4, -0.2) is 41.4 Å². The van der Waals surface area contributed by atoms with Crippen molar-refractivity contribution in [3.63, 3.8) is 0 Å². The van der Waals surface area contributed by atoms with Gasteiger partial charge in [0.1, 0.15) is 0 Å². The number of quaternary nitrogens is 1. The normalized spacial score (nSPS) is 36.5. The molecule has 2 saturated heterocycles. The van der Waals surface area contributed by atoms with Crippen LogP contribution in [0.3, 0.4) is 0 Å². The van der Waals surface area contributed by atoms with Crippen LogP contribution < -0.4 is 0 Å². The maximum Gasteiger partial charge on any atom is 0.0917 e. The fraction of sp³-hybridized carbons (Fsp3) is 1.00. The minimum Gasteiger partial charge on any atom is -0.393 e. The van der Waals surface area contributed by atoms with Gasteiger partial charge in [-0.2, -0.15) is 0 Å². The van der Waals surface area contributed by atoms with Crippen LogP contribution in [0.1, 0.15) is 84.0 Å². The van der Waals surface area contributed by atoms with Gasteiger partial charge in [0.2, 0.25) is 0 Å². The Bertz CT molecular complexity index is 265. The van der Waals surface area contributed by atoms with Gasteiger partial charge in [0, 0.05) is 25.7 Å². The number of aliphatic hydroxyl groups is 1. The molecular formula is C18H36NO+. The first-order chi connectivity index (χ1) is 9.66. The second-order valence-corrected chi connectivity index (χ2v) is 7.56. The molecule has 2 fully saturated rings. The number of piperidine rings is 1. The van der Waals surface area contributed by atoms with E-state index in [0.717, 1.165) is 24.9 Å². The Morgan fingerprint density at radius 3 is 1.90 bits per heavy atom. The monoisotopic (exact) mass is 282 g/mol. The topological polar surface area (TPSA) is 20.2 Å². The third-order valence-corrected chi connectivity index (χ3v) is 6.08. The van der Waals surface area contributed by atoms with Crippen LogP contribution in [-0.2, 0) is 0 Å². The molecule has 0 aromatic heterocycles. The Hall–Kier alpha value is -0.0800. The first kappa shape index (κ1) is 16.3. The molecule has 118 valence electrons. The van der Waals surface area contributed by atoms with E-state index in [1.54, 1.807) is 0 Å². The molecule has 2 atom stereocenters. The lowest BCUT2D eigenvalue weighted by Gasteiger charge is -2.46. The van der Waals surface area contributed by atoms with Crippen molar-refractivity contribution < 1.29 is 9.59 Å². The molecule has 20 heavy (non-hydrogen) atoms. The maximum atomic E-state index is 9.92. The third kappa shape index (κ3) is 3.98. The van der Waals surface area contributed by atoms with Crippen molar-refractivity contribution in [1.29, 1.82) is 0 Å².